The van der Waals surface area contributed by atoms with Crippen molar-refractivity contribution in [1.82, 2.24) is 14.8 Å². The minimum Gasteiger partial charge on any atom is -0.477 e. The van der Waals surface area contributed by atoms with Gasteiger partial charge in [0, 0.05) is 6.54 Å². The van der Waals surface area contributed by atoms with Crippen LogP contribution in [-0.4, -0.2) is 38.1 Å². The van der Waals surface area contributed by atoms with Gasteiger partial charge in [-0.1, -0.05) is 29.3 Å². The van der Waals surface area contributed by atoms with Crippen molar-refractivity contribution in [2.24, 2.45) is 5.92 Å². The summed E-state index contributed by atoms with van der Waals surface area (Å²) in [6, 6.07) is 8.84. The molecule has 0 unspecified atom stereocenters. The van der Waals surface area contributed by atoms with E-state index in [1.165, 1.54) is 5.56 Å². The largest absolute Gasteiger partial charge is 0.477 e. The number of hydrogen-bond donors (Lipinski definition) is 1. The van der Waals surface area contributed by atoms with Gasteiger partial charge in [-0.05, 0) is 73.8 Å². The number of nitrogens with zero attached hydrogens (tertiary/aromatic N) is 4. The number of para-hydroxylation sites is 1. The first-order valence-corrected chi connectivity index (χ1v) is 12.3. The molecule has 3 heterocycles. The van der Waals surface area contributed by atoms with Crippen LogP contribution in [0.5, 0.6) is 0 Å². The summed E-state index contributed by atoms with van der Waals surface area (Å²) in [5, 5.41) is 15.0. The maximum atomic E-state index is 11.2. The van der Waals surface area contributed by atoms with Crippen LogP contribution in [0.15, 0.2) is 42.7 Å². The van der Waals surface area contributed by atoms with Crippen LogP contribution in [-0.2, 0) is 11.3 Å². The van der Waals surface area contributed by atoms with Crippen molar-refractivity contribution in [3.05, 3.63) is 69.7 Å². The number of carboxylic acids is 1. The fourth-order valence-electron chi connectivity index (χ4n) is 5.49. The first kappa shape index (κ1) is 21.9. The summed E-state index contributed by atoms with van der Waals surface area (Å²) in [5.74, 6) is 0.0133. The molecule has 2 bridgehead atoms. The van der Waals surface area contributed by atoms with E-state index in [0.717, 1.165) is 50.0 Å². The number of halogens is 2. The van der Waals surface area contributed by atoms with Crippen molar-refractivity contribution in [2.45, 2.75) is 50.4 Å². The molecule has 1 aliphatic heterocycles. The maximum Gasteiger partial charge on any atom is 0.354 e. The molecule has 0 spiro atoms. The molecule has 7 nitrogen and oxygen atoms in total. The number of fused-ring (bicyclic) bond motifs is 2. The molecule has 1 N–H and O–H groups in total. The number of rotatable bonds is 7. The Morgan fingerprint density at radius 3 is 2.59 bits per heavy atom. The number of ether oxygens (including phenoxy) is 1. The summed E-state index contributed by atoms with van der Waals surface area (Å²) in [5.41, 5.74) is 3.34. The Morgan fingerprint density at radius 2 is 1.94 bits per heavy atom. The molecule has 9 heteroatoms. The summed E-state index contributed by atoms with van der Waals surface area (Å²) in [6.07, 6.45) is 8.82. The van der Waals surface area contributed by atoms with Crippen LogP contribution in [0.4, 0.5) is 5.69 Å². The van der Waals surface area contributed by atoms with Crippen molar-refractivity contribution < 1.29 is 14.6 Å². The molecule has 3 fully saturated rings. The molecular formula is C25H24Cl2N4O3. The molecule has 1 aromatic carbocycles. The van der Waals surface area contributed by atoms with E-state index >= 15 is 0 Å². The van der Waals surface area contributed by atoms with Crippen LogP contribution in [0.1, 0.15) is 59.8 Å². The molecule has 3 aromatic rings. The highest BCUT2D eigenvalue weighted by Gasteiger charge is 2.52. The fraction of sp³-hybridized carbons (Fsp3) is 0.400. The quantitative estimate of drug-likeness (QED) is 0.451. The molecule has 1 saturated heterocycles. The van der Waals surface area contributed by atoms with Crippen LogP contribution in [0.3, 0.4) is 0 Å². The highest BCUT2D eigenvalue weighted by molar-refractivity contribution is 6.37. The molecule has 2 aromatic heterocycles. The fourth-order valence-corrected chi connectivity index (χ4v) is 6.04. The van der Waals surface area contributed by atoms with Crippen LogP contribution in [0.2, 0.25) is 10.0 Å². The van der Waals surface area contributed by atoms with Crippen LogP contribution >= 0.6 is 23.2 Å². The molecular weight excluding hydrogens is 475 g/mol. The summed E-state index contributed by atoms with van der Waals surface area (Å²) in [6.45, 7) is 1.26. The third-order valence-corrected chi connectivity index (χ3v) is 7.92. The lowest BCUT2D eigenvalue weighted by Gasteiger charge is -2.40. The van der Waals surface area contributed by atoms with Crippen LogP contribution in [0.25, 0.3) is 5.69 Å². The van der Waals surface area contributed by atoms with Crippen molar-refractivity contribution >= 4 is 34.9 Å². The molecule has 2 saturated carbocycles. The highest BCUT2D eigenvalue weighted by atomic mass is 35.5. The number of anilines is 1. The molecule has 3 aliphatic rings. The normalized spacial score (nSPS) is 23.6. The van der Waals surface area contributed by atoms with Crippen LogP contribution < -0.4 is 4.90 Å². The molecule has 34 heavy (non-hydrogen) atoms. The number of hydrogen-bond acceptors (Lipinski definition) is 5. The summed E-state index contributed by atoms with van der Waals surface area (Å²) < 4.78 is 8.60. The van der Waals surface area contributed by atoms with Crippen molar-refractivity contribution in [1.29, 1.82) is 0 Å². The monoisotopic (exact) mass is 498 g/mol. The summed E-state index contributed by atoms with van der Waals surface area (Å²) in [7, 11) is 0. The van der Waals surface area contributed by atoms with Crippen molar-refractivity contribution in [2.75, 3.05) is 11.4 Å². The molecule has 0 radical (unpaired) electrons. The molecule has 2 aliphatic carbocycles. The predicted molar refractivity (Wildman–Crippen MR) is 129 cm³/mol. The Morgan fingerprint density at radius 1 is 1.15 bits per heavy atom. The van der Waals surface area contributed by atoms with E-state index < -0.39 is 11.7 Å². The van der Waals surface area contributed by atoms with E-state index in [9.17, 15) is 9.90 Å². The minimum absolute atomic E-state index is 0.0395. The van der Waals surface area contributed by atoms with Gasteiger partial charge in [0.1, 0.15) is 17.1 Å². The van der Waals surface area contributed by atoms with Gasteiger partial charge in [0.2, 0.25) is 0 Å². The van der Waals surface area contributed by atoms with Gasteiger partial charge in [0.25, 0.3) is 0 Å². The smallest absolute Gasteiger partial charge is 0.354 e. The number of aromatic carboxylic acids is 1. The second kappa shape index (κ2) is 8.26. The lowest BCUT2D eigenvalue weighted by atomic mass is 10.1. The number of aromatic nitrogens is 3. The second-order valence-electron chi connectivity index (χ2n) is 9.46. The van der Waals surface area contributed by atoms with Gasteiger partial charge >= 0.3 is 5.97 Å². The van der Waals surface area contributed by atoms with Gasteiger partial charge < -0.3 is 14.7 Å². The van der Waals surface area contributed by atoms with Gasteiger partial charge in [-0.2, -0.15) is 5.10 Å². The molecule has 6 rings (SSSR count). The highest BCUT2D eigenvalue weighted by Crippen LogP contribution is 2.50. The number of benzene rings is 1. The number of carbonyl (C=O) groups is 1. The lowest BCUT2D eigenvalue weighted by molar-refractivity contribution is -0.0471. The van der Waals surface area contributed by atoms with Gasteiger partial charge in [-0.15, -0.1) is 0 Å². The standard InChI is InChI=1S/C25H24Cl2N4O3/c26-19-2-1-3-20(27)23(19)31-22(18(12-29-31)16-4-5-16)14-34-25-9-8-15(10-25)13-30(25)17-6-7-21(24(32)33)28-11-17/h1-3,6-7,11-12,15-16H,4-5,8-10,13-14H2,(H,32,33)/t15-,25-/m0/s1. The van der Waals surface area contributed by atoms with E-state index in [1.807, 2.05) is 35.1 Å². The van der Waals surface area contributed by atoms with Gasteiger partial charge in [0.15, 0.2) is 0 Å². The summed E-state index contributed by atoms with van der Waals surface area (Å²) in [4.78, 5) is 17.6. The summed E-state index contributed by atoms with van der Waals surface area (Å²) >= 11 is 13.0. The molecule has 0 amide bonds. The van der Waals surface area contributed by atoms with Crippen LogP contribution in [0, 0.1) is 5.92 Å². The van der Waals surface area contributed by atoms with Gasteiger partial charge in [-0.25, -0.2) is 14.5 Å². The maximum absolute atomic E-state index is 11.2. The van der Waals surface area contributed by atoms with Crippen molar-refractivity contribution in [3.8, 4) is 5.69 Å². The first-order valence-electron chi connectivity index (χ1n) is 11.6. The number of pyridine rings is 1. The van der Waals surface area contributed by atoms with Crippen molar-refractivity contribution in [3.63, 3.8) is 0 Å². The SMILES string of the molecule is O=C(O)c1ccc(N2C[C@H]3CC[C@]2(OCc2c(C4CC4)cnn2-c2c(Cl)cccc2Cl)C3)cn1. The number of piperidine rings is 1. The topological polar surface area (TPSA) is 80.5 Å². The average Bonchev–Trinajstić information content (AvgIpc) is 3.31. The van der Waals surface area contributed by atoms with E-state index in [0.29, 0.717) is 34.2 Å². The third kappa shape index (κ3) is 3.67. The van der Waals surface area contributed by atoms with E-state index in [1.54, 1.807) is 12.3 Å². The first-order chi connectivity index (χ1) is 16.4. The van der Waals surface area contributed by atoms with E-state index in [-0.39, 0.29) is 5.69 Å². The number of carboxylic acid groups (broad SMARTS) is 1. The Labute approximate surface area is 207 Å². The lowest BCUT2D eigenvalue weighted by Crippen LogP contribution is -2.47. The predicted octanol–water partition coefficient (Wildman–Crippen LogP) is 5.68. The zero-order valence-electron chi connectivity index (χ0n) is 18.5. The van der Waals surface area contributed by atoms with E-state index in [4.69, 9.17) is 27.9 Å². The molecule has 176 valence electrons. The molecule has 2 atom stereocenters. The Kier molecular flexibility index (Phi) is 5.32. The zero-order chi connectivity index (χ0) is 23.4. The van der Waals surface area contributed by atoms with Gasteiger partial charge in [-0.3, -0.25) is 0 Å². The Hall–Kier alpha value is -2.61. The van der Waals surface area contributed by atoms with E-state index in [2.05, 4.69) is 15.0 Å². The minimum atomic E-state index is -1.03. The zero-order valence-corrected chi connectivity index (χ0v) is 20.0. The van der Waals surface area contributed by atoms with Gasteiger partial charge in [0.05, 0.1) is 40.4 Å². The average molecular weight is 499 g/mol. The second-order valence-corrected chi connectivity index (χ2v) is 10.3. The Balaban J connectivity index is 1.32. The Bertz CT molecular complexity index is 1240. The third-order valence-electron chi connectivity index (χ3n) is 7.31.